The number of aromatic nitrogens is 3. The smallest absolute Gasteiger partial charge is 0.414 e. The molecule has 11 heteroatoms. The van der Waals surface area contributed by atoms with E-state index in [4.69, 9.17) is 35.9 Å². The molecule has 1 saturated heterocycles. The van der Waals surface area contributed by atoms with Crippen molar-refractivity contribution in [3.05, 3.63) is 65.0 Å². The van der Waals surface area contributed by atoms with Gasteiger partial charge in [0.15, 0.2) is 0 Å². The molecular formula is C19H16ClFN4O5. The molecule has 0 unspecified atom stereocenters. The van der Waals surface area contributed by atoms with Crippen LogP contribution in [0.3, 0.4) is 0 Å². The SMILES string of the molecule is Fc1cccc(Cl)c1CN1CC(c2nc(-c3cccnc3)no2)C1.O=C(O)C(=O)O. The van der Waals surface area contributed by atoms with Gasteiger partial charge in [0.25, 0.3) is 0 Å². The van der Waals surface area contributed by atoms with Gasteiger partial charge in [0.1, 0.15) is 5.82 Å². The van der Waals surface area contributed by atoms with E-state index in [1.807, 2.05) is 12.1 Å². The maximum absolute atomic E-state index is 13.8. The molecule has 3 heterocycles. The first-order valence-electron chi connectivity index (χ1n) is 8.70. The van der Waals surface area contributed by atoms with Gasteiger partial charge in [-0.2, -0.15) is 4.98 Å². The monoisotopic (exact) mass is 434 g/mol. The number of benzene rings is 1. The van der Waals surface area contributed by atoms with Gasteiger partial charge in [0.05, 0.1) is 5.92 Å². The summed E-state index contributed by atoms with van der Waals surface area (Å²) < 4.78 is 19.2. The number of aliphatic carboxylic acids is 2. The van der Waals surface area contributed by atoms with Crippen molar-refractivity contribution in [3.8, 4) is 11.4 Å². The number of carbonyl (C=O) groups is 2. The fraction of sp³-hybridized carbons (Fsp3) is 0.211. The second-order valence-corrected chi connectivity index (χ2v) is 6.81. The van der Waals surface area contributed by atoms with Crippen molar-refractivity contribution < 1.29 is 28.7 Å². The van der Waals surface area contributed by atoms with Crippen LogP contribution in [-0.4, -0.2) is 55.3 Å². The Hall–Kier alpha value is -3.37. The molecule has 0 amide bonds. The van der Waals surface area contributed by atoms with E-state index in [2.05, 4.69) is 20.0 Å². The molecule has 0 bridgehead atoms. The summed E-state index contributed by atoms with van der Waals surface area (Å²) in [7, 11) is 0. The molecule has 2 N–H and O–H groups in total. The van der Waals surface area contributed by atoms with Crippen LogP contribution in [0.2, 0.25) is 5.02 Å². The van der Waals surface area contributed by atoms with Crippen LogP contribution < -0.4 is 0 Å². The zero-order chi connectivity index (χ0) is 21.7. The summed E-state index contributed by atoms with van der Waals surface area (Å²) in [5.41, 5.74) is 1.35. The highest BCUT2D eigenvalue weighted by molar-refractivity contribution is 6.31. The Labute approximate surface area is 174 Å². The molecule has 0 radical (unpaired) electrons. The van der Waals surface area contributed by atoms with Crippen LogP contribution >= 0.6 is 11.6 Å². The normalized spacial score (nSPS) is 13.8. The predicted octanol–water partition coefficient (Wildman–Crippen LogP) is 2.68. The molecule has 9 nitrogen and oxygen atoms in total. The molecule has 0 atom stereocenters. The van der Waals surface area contributed by atoms with E-state index in [1.54, 1.807) is 24.5 Å². The molecule has 156 valence electrons. The molecule has 1 fully saturated rings. The molecule has 30 heavy (non-hydrogen) atoms. The minimum atomic E-state index is -1.82. The van der Waals surface area contributed by atoms with E-state index in [1.165, 1.54) is 6.07 Å². The standard InChI is InChI=1S/C17H14ClFN4O.C2H2O4/c18-14-4-1-5-15(19)13(14)10-23-8-12(9-23)17-21-16(22-24-17)11-3-2-6-20-7-11;3-1(4)2(5)6/h1-7,12H,8-10H2;(H,3,4)(H,5,6). The van der Waals surface area contributed by atoms with Gasteiger partial charge >= 0.3 is 11.9 Å². The maximum Gasteiger partial charge on any atom is 0.414 e. The van der Waals surface area contributed by atoms with E-state index < -0.39 is 11.9 Å². The summed E-state index contributed by atoms with van der Waals surface area (Å²) >= 11 is 6.07. The van der Waals surface area contributed by atoms with Crippen molar-refractivity contribution in [1.29, 1.82) is 0 Å². The van der Waals surface area contributed by atoms with Crippen LogP contribution in [0.5, 0.6) is 0 Å². The van der Waals surface area contributed by atoms with Gasteiger partial charge in [0.2, 0.25) is 11.7 Å². The minimum absolute atomic E-state index is 0.161. The summed E-state index contributed by atoms with van der Waals surface area (Å²) in [6.45, 7) is 1.95. The van der Waals surface area contributed by atoms with Crippen molar-refractivity contribution >= 4 is 23.5 Å². The summed E-state index contributed by atoms with van der Waals surface area (Å²) in [6.07, 6.45) is 3.39. The molecular weight excluding hydrogens is 419 g/mol. The molecule has 1 aliphatic rings. The lowest BCUT2D eigenvalue weighted by Gasteiger charge is -2.37. The minimum Gasteiger partial charge on any atom is -0.473 e. The van der Waals surface area contributed by atoms with Crippen LogP contribution in [0.25, 0.3) is 11.4 Å². The number of rotatable bonds is 4. The van der Waals surface area contributed by atoms with Gasteiger partial charge in [-0.15, -0.1) is 0 Å². The van der Waals surface area contributed by atoms with Crippen molar-refractivity contribution in [3.63, 3.8) is 0 Å². The Morgan fingerprint density at radius 3 is 2.53 bits per heavy atom. The van der Waals surface area contributed by atoms with Crippen molar-refractivity contribution in [2.75, 3.05) is 13.1 Å². The molecule has 4 rings (SSSR count). The largest absolute Gasteiger partial charge is 0.473 e. The Kier molecular flexibility index (Phi) is 6.70. The molecule has 0 saturated carbocycles. The molecule has 1 aliphatic heterocycles. The quantitative estimate of drug-likeness (QED) is 0.595. The first kappa shape index (κ1) is 21.3. The van der Waals surface area contributed by atoms with Gasteiger partial charge in [-0.25, -0.2) is 14.0 Å². The van der Waals surface area contributed by atoms with Gasteiger partial charge < -0.3 is 14.7 Å². The number of hydrogen-bond acceptors (Lipinski definition) is 7. The van der Waals surface area contributed by atoms with E-state index in [0.717, 1.165) is 18.7 Å². The topological polar surface area (TPSA) is 130 Å². The van der Waals surface area contributed by atoms with E-state index in [-0.39, 0.29) is 11.7 Å². The summed E-state index contributed by atoms with van der Waals surface area (Å²) in [5, 5.41) is 19.2. The van der Waals surface area contributed by atoms with Crippen LogP contribution in [-0.2, 0) is 16.1 Å². The number of carboxylic acids is 2. The van der Waals surface area contributed by atoms with Gasteiger partial charge in [0, 0.05) is 48.2 Å². The Balaban J connectivity index is 0.000000377. The van der Waals surface area contributed by atoms with E-state index in [0.29, 0.717) is 28.8 Å². The number of hydrogen-bond donors (Lipinski definition) is 2. The Morgan fingerprint density at radius 2 is 1.93 bits per heavy atom. The number of pyridine rings is 1. The second-order valence-electron chi connectivity index (χ2n) is 6.40. The predicted molar refractivity (Wildman–Crippen MR) is 102 cm³/mol. The Bertz CT molecular complexity index is 1010. The fourth-order valence-electron chi connectivity index (χ4n) is 2.78. The van der Waals surface area contributed by atoms with E-state index in [9.17, 15) is 4.39 Å². The van der Waals surface area contributed by atoms with Crippen molar-refractivity contribution in [1.82, 2.24) is 20.0 Å². The maximum atomic E-state index is 13.8. The van der Waals surface area contributed by atoms with Crippen LogP contribution in [0.1, 0.15) is 17.4 Å². The molecule has 3 aromatic rings. The number of carboxylic acid groups (broad SMARTS) is 2. The highest BCUT2D eigenvalue weighted by Crippen LogP contribution is 2.30. The summed E-state index contributed by atoms with van der Waals surface area (Å²) in [5.74, 6) is -2.63. The third kappa shape index (κ3) is 5.16. The average Bonchev–Trinajstić information content (AvgIpc) is 3.17. The third-order valence-electron chi connectivity index (χ3n) is 4.29. The van der Waals surface area contributed by atoms with Gasteiger partial charge in [-0.05, 0) is 24.3 Å². The first-order chi connectivity index (χ1) is 14.3. The van der Waals surface area contributed by atoms with Crippen molar-refractivity contribution in [2.45, 2.75) is 12.5 Å². The number of nitrogens with zero attached hydrogens (tertiary/aromatic N) is 4. The molecule has 2 aromatic heterocycles. The first-order valence-corrected chi connectivity index (χ1v) is 9.08. The molecule has 1 aromatic carbocycles. The average molecular weight is 435 g/mol. The van der Waals surface area contributed by atoms with E-state index >= 15 is 0 Å². The Morgan fingerprint density at radius 1 is 1.20 bits per heavy atom. The third-order valence-corrected chi connectivity index (χ3v) is 4.65. The van der Waals surface area contributed by atoms with Gasteiger partial charge in [-0.1, -0.05) is 22.8 Å². The fourth-order valence-corrected chi connectivity index (χ4v) is 3.00. The zero-order valence-electron chi connectivity index (χ0n) is 15.4. The second kappa shape index (κ2) is 9.42. The lowest BCUT2D eigenvalue weighted by Crippen LogP contribution is -2.44. The lowest BCUT2D eigenvalue weighted by molar-refractivity contribution is -0.159. The summed E-state index contributed by atoms with van der Waals surface area (Å²) in [4.78, 5) is 28.8. The van der Waals surface area contributed by atoms with Crippen molar-refractivity contribution in [2.24, 2.45) is 0 Å². The van der Waals surface area contributed by atoms with Crippen LogP contribution in [0.15, 0.2) is 47.2 Å². The van der Waals surface area contributed by atoms with Gasteiger partial charge in [-0.3, -0.25) is 9.88 Å². The summed E-state index contributed by atoms with van der Waals surface area (Å²) in [6, 6.07) is 8.45. The van der Waals surface area contributed by atoms with Crippen LogP contribution in [0, 0.1) is 5.82 Å². The van der Waals surface area contributed by atoms with Crippen LogP contribution in [0.4, 0.5) is 4.39 Å². The highest BCUT2D eigenvalue weighted by atomic mass is 35.5. The lowest BCUT2D eigenvalue weighted by atomic mass is 9.99. The zero-order valence-corrected chi connectivity index (χ0v) is 16.2. The molecule has 0 aliphatic carbocycles. The number of likely N-dealkylation sites (tertiary alicyclic amines) is 1. The number of halogens is 2. The highest BCUT2D eigenvalue weighted by Gasteiger charge is 2.33. The molecule has 0 spiro atoms.